The number of sulfone groups is 1. The molecule has 8 nitrogen and oxygen atoms in total. The van der Waals surface area contributed by atoms with Gasteiger partial charge in [-0.05, 0) is 39.0 Å². The zero-order chi connectivity index (χ0) is 21.7. The second-order valence-corrected chi connectivity index (χ2v) is 10.3. The van der Waals surface area contributed by atoms with Crippen molar-refractivity contribution in [2.45, 2.75) is 82.5 Å². The molecular formula is C21H31N3O5S. The van der Waals surface area contributed by atoms with E-state index in [1.165, 1.54) is 12.3 Å². The summed E-state index contributed by atoms with van der Waals surface area (Å²) in [4.78, 5) is 21.8. The highest BCUT2D eigenvalue weighted by Crippen LogP contribution is 2.34. The summed E-state index contributed by atoms with van der Waals surface area (Å²) < 4.78 is 28.6. The van der Waals surface area contributed by atoms with Crippen molar-refractivity contribution in [3.63, 3.8) is 0 Å². The summed E-state index contributed by atoms with van der Waals surface area (Å²) in [6.45, 7) is 1.68. The van der Waals surface area contributed by atoms with E-state index in [1.807, 2.05) is 0 Å². The molecule has 2 aliphatic carbocycles. The topological polar surface area (TPSA) is 118 Å². The number of hydrogen-bond acceptors (Lipinski definition) is 7. The summed E-state index contributed by atoms with van der Waals surface area (Å²) in [7, 11) is -3.28. The van der Waals surface area contributed by atoms with Crippen molar-refractivity contribution in [3.8, 4) is 5.88 Å². The van der Waals surface area contributed by atoms with Crippen LogP contribution in [0.5, 0.6) is 5.88 Å². The molecule has 30 heavy (non-hydrogen) atoms. The Balaban J connectivity index is 1.82. The molecule has 2 saturated carbocycles. The lowest BCUT2D eigenvalue weighted by Gasteiger charge is -2.28. The summed E-state index contributed by atoms with van der Waals surface area (Å²) in [5.74, 6) is 0.681. The second-order valence-electron chi connectivity index (χ2n) is 8.36. The number of rotatable bonds is 7. The molecule has 1 heterocycles. The number of hydrogen-bond donors (Lipinski definition) is 2. The molecule has 0 radical (unpaired) electrons. The Morgan fingerprint density at radius 1 is 1.23 bits per heavy atom. The predicted octanol–water partition coefficient (Wildman–Crippen LogP) is 2.49. The highest BCUT2D eigenvalue weighted by Gasteiger charge is 2.29. The van der Waals surface area contributed by atoms with Gasteiger partial charge in [0.25, 0.3) is 5.91 Å². The molecule has 9 heteroatoms. The second kappa shape index (κ2) is 9.87. The molecule has 2 aliphatic rings. The van der Waals surface area contributed by atoms with Crippen LogP contribution < -0.4 is 10.1 Å². The van der Waals surface area contributed by atoms with Crippen LogP contribution in [0.2, 0.25) is 0 Å². The van der Waals surface area contributed by atoms with Crippen LogP contribution in [0, 0.1) is 0 Å². The largest absolute Gasteiger partial charge is 0.471 e. The van der Waals surface area contributed by atoms with Gasteiger partial charge < -0.3 is 15.2 Å². The third-order valence-corrected chi connectivity index (χ3v) is 6.29. The Labute approximate surface area is 178 Å². The summed E-state index contributed by atoms with van der Waals surface area (Å²) in [5, 5.41) is 14.1. The van der Waals surface area contributed by atoms with Gasteiger partial charge >= 0.3 is 0 Å². The first kappa shape index (κ1) is 22.7. The van der Waals surface area contributed by atoms with Crippen molar-refractivity contribution < 1.29 is 23.1 Å². The van der Waals surface area contributed by atoms with Crippen molar-refractivity contribution in [1.29, 1.82) is 0 Å². The minimum Gasteiger partial charge on any atom is -0.471 e. The normalized spacial score (nSPS) is 24.1. The van der Waals surface area contributed by atoms with Crippen LogP contribution in [0.4, 0.5) is 0 Å². The highest BCUT2D eigenvalue weighted by molar-refractivity contribution is 7.93. The lowest BCUT2D eigenvalue weighted by molar-refractivity contribution is 0.00378. The average molecular weight is 438 g/mol. The van der Waals surface area contributed by atoms with Crippen molar-refractivity contribution in [2.24, 2.45) is 0 Å². The maximum atomic E-state index is 12.8. The maximum absolute atomic E-state index is 12.8. The van der Waals surface area contributed by atoms with E-state index >= 15 is 0 Å². The number of ether oxygens (including phenoxy) is 1. The molecule has 1 amide bonds. The lowest BCUT2D eigenvalue weighted by atomic mass is 9.95. The zero-order valence-electron chi connectivity index (χ0n) is 17.6. The lowest BCUT2D eigenvalue weighted by Crippen LogP contribution is -2.36. The van der Waals surface area contributed by atoms with Crippen LogP contribution in [0.25, 0.3) is 0 Å². The van der Waals surface area contributed by atoms with Crippen LogP contribution >= 0.6 is 0 Å². The van der Waals surface area contributed by atoms with E-state index in [1.54, 1.807) is 6.92 Å². The van der Waals surface area contributed by atoms with Gasteiger partial charge in [0, 0.05) is 29.8 Å². The minimum absolute atomic E-state index is 0.189. The van der Waals surface area contributed by atoms with Crippen molar-refractivity contribution >= 4 is 15.7 Å². The predicted molar refractivity (Wildman–Crippen MR) is 113 cm³/mol. The molecule has 3 atom stereocenters. The van der Waals surface area contributed by atoms with Crippen LogP contribution in [0.3, 0.4) is 0 Å². The van der Waals surface area contributed by atoms with Gasteiger partial charge in [0.15, 0.2) is 9.84 Å². The van der Waals surface area contributed by atoms with Crippen molar-refractivity contribution in [1.82, 2.24) is 15.3 Å². The van der Waals surface area contributed by atoms with Crippen molar-refractivity contribution in [2.75, 3.05) is 6.26 Å². The average Bonchev–Trinajstić information content (AvgIpc) is 3.22. The van der Waals surface area contributed by atoms with Crippen LogP contribution in [0.15, 0.2) is 17.7 Å². The summed E-state index contributed by atoms with van der Waals surface area (Å²) in [6.07, 6.45) is 10.6. The third kappa shape index (κ3) is 6.25. The number of amides is 1. The van der Waals surface area contributed by atoms with Crippen LogP contribution in [-0.4, -0.2) is 53.9 Å². The summed E-state index contributed by atoms with van der Waals surface area (Å²) in [5.41, 5.74) is 0.189. The van der Waals surface area contributed by atoms with Gasteiger partial charge in [-0.2, -0.15) is 4.98 Å². The number of aliphatic hydroxyl groups is 1. The van der Waals surface area contributed by atoms with E-state index in [2.05, 4.69) is 15.3 Å². The third-order valence-electron chi connectivity index (χ3n) is 5.64. The molecule has 0 saturated heterocycles. The van der Waals surface area contributed by atoms with Gasteiger partial charge in [-0.3, -0.25) is 4.79 Å². The van der Waals surface area contributed by atoms with E-state index in [0.717, 1.165) is 50.2 Å². The molecule has 0 spiro atoms. The Morgan fingerprint density at radius 2 is 1.90 bits per heavy atom. The molecule has 0 bridgehead atoms. The monoisotopic (exact) mass is 437 g/mol. The summed E-state index contributed by atoms with van der Waals surface area (Å²) in [6, 6.07) is -0.505. The van der Waals surface area contributed by atoms with Crippen LogP contribution in [0.1, 0.15) is 80.4 Å². The molecule has 0 aromatic carbocycles. The van der Waals surface area contributed by atoms with Gasteiger partial charge in [0.05, 0.1) is 6.10 Å². The number of aliphatic hydroxyl groups excluding tert-OH is 1. The first-order chi connectivity index (χ1) is 14.2. The molecule has 2 fully saturated rings. The quantitative estimate of drug-likeness (QED) is 0.673. The van der Waals surface area contributed by atoms with E-state index in [9.17, 15) is 18.3 Å². The minimum atomic E-state index is -3.28. The number of nitrogens with one attached hydrogen (secondary N) is 1. The van der Waals surface area contributed by atoms with E-state index in [0.29, 0.717) is 18.7 Å². The SMILES string of the molecule is CC(/C=C/S(C)(=O)=O)NC(=O)c1cnc(C2CCCC2)nc1O[C@H]1CCCC[C@H]1O. The first-order valence-electron chi connectivity index (χ1n) is 10.6. The molecule has 0 aliphatic heterocycles. The molecule has 3 rings (SSSR count). The Kier molecular flexibility index (Phi) is 7.46. The van der Waals surface area contributed by atoms with E-state index in [4.69, 9.17) is 4.74 Å². The van der Waals surface area contributed by atoms with E-state index < -0.39 is 34.0 Å². The van der Waals surface area contributed by atoms with E-state index in [-0.39, 0.29) is 17.4 Å². The smallest absolute Gasteiger partial charge is 0.258 e. The zero-order valence-corrected chi connectivity index (χ0v) is 18.4. The number of aromatic nitrogens is 2. The summed E-state index contributed by atoms with van der Waals surface area (Å²) >= 11 is 0. The fraction of sp³-hybridized carbons (Fsp3) is 0.667. The number of carbonyl (C=O) groups is 1. The van der Waals surface area contributed by atoms with Gasteiger partial charge in [0.1, 0.15) is 17.5 Å². The highest BCUT2D eigenvalue weighted by atomic mass is 32.2. The fourth-order valence-corrected chi connectivity index (χ4v) is 4.48. The Hall–Kier alpha value is -2.00. The van der Waals surface area contributed by atoms with Gasteiger partial charge in [0.2, 0.25) is 5.88 Å². The molecule has 2 N–H and O–H groups in total. The van der Waals surface area contributed by atoms with Gasteiger partial charge in [-0.15, -0.1) is 0 Å². The molecule has 1 aromatic rings. The number of carbonyl (C=O) groups excluding carboxylic acids is 1. The molecule has 1 unspecified atom stereocenters. The first-order valence-corrected chi connectivity index (χ1v) is 12.6. The van der Waals surface area contributed by atoms with Crippen molar-refractivity contribution in [3.05, 3.63) is 29.1 Å². The van der Waals surface area contributed by atoms with Gasteiger partial charge in [-0.1, -0.05) is 25.3 Å². The Morgan fingerprint density at radius 3 is 2.57 bits per heavy atom. The van der Waals surface area contributed by atoms with Crippen LogP contribution in [-0.2, 0) is 9.84 Å². The van der Waals surface area contributed by atoms with Gasteiger partial charge in [-0.25, -0.2) is 13.4 Å². The Bertz CT molecular complexity index is 881. The number of nitrogens with zero attached hydrogens (tertiary/aromatic N) is 2. The maximum Gasteiger partial charge on any atom is 0.258 e. The molecular weight excluding hydrogens is 406 g/mol. The molecule has 1 aromatic heterocycles. The standard InChI is InChI=1S/C21H31N3O5S/c1-14(11-12-30(2,27)28)23-20(26)16-13-22-19(15-7-3-4-8-15)24-21(16)29-18-10-6-5-9-17(18)25/h11-15,17-18,25H,3-10H2,1-2H3,(H,23,26)/b12-11+/t14?,17-,18+/m1/s1. The fourth-order valence-electron chi connectivity index (χ4n) is 3.96. The molecule has 166 valence electrons.